The van der Waals surface area contributed by atoms with E-state index in [-0.39, 0.29) is 10.7 Å². The Kier molecular flexibility index (Phi) is 4.69. The predicted molar refractivity (Wildman–Crippen MR) is 79.7 cm³/mol. The van der Waals surface area contributed by atoms with E-state index in [9.17, 15) is 8.42 Å². The molecule has 106 valence electrons. The Bertz CT molecular complexity index is 692. The minimum atomic E-state index is -3.70. The van der Waals surface area contributed by atoms with Crippen LogP contribution in [-0.2, 0) is 16.6 Å². The predicted octanol–water partition coefficient (Wildman–Crippen LogP) is 1.76. The fraction of sp³-hybridized carbons (Fsp3) is 0.167. The fourth-order valence-corrected chi connectivity index (χ4v) is 3.75. The molecule has 0 spiro atoms. The Morgan fingerprint density at radius 1 is 1.30 bits per heavy atom. The monoisotopic (exact) mass is 356 g/mol. The molecule has 6 nitrogen and oxygen atoms in total. The maximum Gasteiger partial charge on any atom is 0.264 e. The SMILES string of the molecule is CNCc1ccc(S(=O)(=O)Nc2cccnn2)c(Br)c1. The van der Waals surface area contributed by atoms with E-state index in [0.29, 0.717) is 11.0 Å². The zero-order valence-electron chi connectivity index (χ0n) is 10.7. The molecule has 0 aliphatic heterocycles. The van der Waals surface area contributed by atoms with Gasteiger partial charge < -0.3 is 5.32 Å². The molecule has 0 amide bonds. The molecule has 2 aromatic rings. The molecule has 0 aliphatic rings. The summed E-state index contributed by atoms with van der Waals surface area (Å²) in [6.45, 7) is 0.663. The minimum Gasteiger partial charge on any atom is -0.316 e. The van der Waals surface area contributed by atoms with E-state index in [2.05, 4.69) is 36.2 Å². The first-order valence-corrected chi connectivity index (χ1v) is 8.04. The normalized spacial score (nSPS) is 11.3. The average Bonchev–Trinajstić information content (AvgIpc) is 2.39. The second kappa shape index (κ2) is 6.29. The summed E-state index contributed by atoms with van der Waals surface area (Å²) in [4.78, 5) is 0.156. The van der Waals surface area contributed by atoms with E-state index in [4.69, 9.17) is 0 Å². The van der Waals surface area contributed by atoms with Gasteiger partial charge in [-0.2, -0.15) is 5.10 Å². The topological polar surface area (TPSA) is 84.0 Å². The highest BCUT2D eigenvalue weighted by Crippen LogP contribution is 2.24. The maximum absolute atomic E-state index is 12.3. The van der Waals surface area contributed by atoms with Gasteiger partial charge in [0.15, 0.2) is 5.82 Å². The van der Waals surface area contributed by atoms with Crippen molar-refractivity contribution in [2.75, 3.05) is 11.8 Å². The molecule has 0 unspecified atom stereocenters. The first-order valence-electron chi connectivity index (χ1n) is 5.76. The smallest absolute Gasteiger partial charge is 0.264 e. The Labute approximate surface area is 125 Å². The number of aromatic nitrogens is 2. The summed E-state index contributed by atoms with van der Waals surface area (Å²) in [7, 11) is -1.87. The molecule has 0 saturated heterocycles. The molecule has 1 aromatic carbocycles. The molecule has 0 aliphatic carbocycles. The van der Waals surface area contributed by atoms with Gasteiger partial charge in [0.25, 0.3) is 10.0 Å². The molecule has 2 N–H and O–H groups in total. The van der Waals surface area contributed by atoms with E-state index in [1.54, 1.807) is 24.3 Å². The quantitative estimate of drug-likeness (QED) is 0.852. The third-order valence-corrected chi connectivity index (χ3v) is 4.81. The Hall–Kier alpha value is -1.51. The lowest BCUT2D eigenvalue weighted by molar-refractivity contribution is 0.600. The van der Waals surface area contributed by atoms with Crippen LogP contribution in [0.1, 0.15) is 5.56 Å². The van der Waals surface area contributed by atoms with Crippen LogP contribution in [0.4, 0.5) is 5.82 Å². The molecule has 0 bridgehead atoms. The Morgan fingerprint density at radius 3 is 2.70 bits per heavy atom. The van der Waals surface area contributed by atoms with Crippen molar-refractivity contribution < 1.29 is 8.42 Å². The lowest BCUT2D eigenvalue weighted by Gasteiger charge is -2.09. The molecule has 0 atom stereocenters. The molecular formula is C12H13BrN4O2S. The van der Waals surface area contributed by atoms with Gasteiger partial charge in [-0.05, 0) is 52.8 Å². The number of anilines is 1. The minimum absolute atomic E-state index is 0.156. The molecule has 2 rings (SSSR count). The summed E-state index contributed by atoms with van der Waals surface area (Å²) in [5.74, 6) is 0.179. The first-order chi connectivity index (χ1) is 9.53. The molecule has 0 radical (unpaired) electrons. The van der Waals surface area contributed by atoms with Crippen LogP contribution in [0.25, 0.3) is 0 Å². The molecule has 1 aromatic heterocycles. The Morgan fingerprint density at radius 2 is 2.10 bits per heavy atom. The van der Waals surface area contributed by atoms with Crippen LogP contribution in [0.3, 0.4) is 0 Å². The number of sulfonamides is 1. The van der Waals surface area contributed by atoms with Crippen LogP contribution in [0.15, 0.2) is 45.9 Å². The standard InChI is InChI=1S/C12H13BrN4O2S/c1-14-8-9-4-5-11(10(13)7-9)20(18,19)17-12-3-2-6-15-16-12/h2-7,14H,8H2,1H3,(H,16,17). The number of halogens is 1. The fourth-order valence-electron chi connectivity index (χ4n) is 1.62. The van der Waals surface area contributed by atoms with Crippen LogP contribution in [0.2, 0.25) is 0 Å². The Balaban J connectivity index is 2.30. The second-order valence-electron chi connectivity index (χ2n) is 4.01. The van der Waals surface area contributed by atoms with Crippen molar-refractivity contribution in [3.05, 3.63) is 46.6 Å². The van der Waals surface area contributed by atoms with Crippen molar-refractivity contribution >= 4 is 31.8 Å². The zero-order valence-corrected chi connectivity index (χ0v) is 13.1. The molecular weight excluding hydrogens is 344 g/mol. The number of benzene rings is 1. The molecule has 0 saturated carbocycles. The van der Waals surface area contributed by atoms with Gasteiger partial charge in [0.2, 0.25) is 0 Å². The van der Waals surface area contributed by atoms with Crippen molar-refractivity contribution in [1.29, 1.82) is 0 Å². The van der Waals surface area contributed by atoms with Crippen LogP contribution in [0, 0.1) is 0 Å². The lowest BCUT2D eigenvalue weighted by Crippen LogP contribution is -2.15. The van der Waals surface area contributed by atoms with Gasteiger partial charge in [-0.1, -0.05) is 6.07 Å². The summed E-state index contributed by atoms with van der Waals surface area (Å²) >= 11 is 3.28. The maximum atomic E-state index is 12.3. The van der Waals surface area contributed by atoms with Crippen molar-refractivity contribution in [2.45, 2.75) is 11.4 Å². The molecule has 0 fully saturated rings. The zero-order chi connectivity index (χ0) is 14.6. The van der Waals surface area contributed by atoms with Gasteiger partial charge in [0.05, 0.1) is 0 Å². The van der Waals surface area contributed by atoms with Gasteiger partial charge in [0, 0.05) is 17.2 Å². The summed E-state index contributed by atoms with van der Waals surface area (Å²) in [6, 6.07) is 8.22. The highest BCUT2D eigenvalue weighted by Gasteiger charge is 2.18. The summed E-state index contributed by atoms with van der Waals surface area (Å²) < 4.78 is 27.4. The van der Waals surface area contributed by atoms with Crippen molar-refractivity contribution in [2.24, 2.45) is 0 Å². The largest absolute Gasteiger partial charge is 0.316 e. The van der Waals surface area contributed by atoms with Gasteiger partial charge in [-0.25, -0.2) is 8.42 Å². The van der Waals surface area contributed by atoms with Gasteiger partial charge in [-0.15, -0.1) is 5.10 Å². The van der Waals surface area contributed by atoms with E-state index in [1.807, 2.05) is 7.05 Å². The van der Waals surface area contributed by atoms with Gasteiger partial charge in [-0.3, -0.25) is 4.72 Å². The summed E-state index contributed by atoms with van der Waals surface area (Å²) in [5.41, 5.74) is 0.984. The molecule has 20 heavy (non-hydrogen) atoms. The third-order valence-electron chi connectivity index (χ3n) is 2.48. The molecule has 8 heteroatoms. The number of hydrogen-bond acceptors (Lipinski definition) is 5. The van der Waals surface area contributed by atoms with E-state index in [1.165, 1.54) is 12.3 Å². The van der Waals surface area contributed by atoms with Crippen molar-refractivity contribution in [3.63, 3.8) is 0 Å². The van der Waals surface area contributed by atoms with Crippen LogP contribution < -0.4 is 10.0 Å². The summed E-state index contributed by atoms with van der Waals surface area (Å²) in [6.07, 6.45) is 1.47. The number of hydrogen-bond donors (Lipinski definition) is 2. The van der Waals surface area contributed by atoms with E-state index < -0.39 is 10.0 Å². The molecule has 1 heterocycles. The van der Waals surface area contributed by atoms with Crippen LogP contribution in [-0.4, -0.2) is 25.7 Å². The number of nitrogens with one attached hydrogen (secondary N) is 2. The second-order valence-corrected chi connectivity index (χ2v) is 6.51. The summed E-state index contributed by atoms with van der Waals surface area (Å²) in [5, 5.41) is 10.3. The highest BCUT2D eigenvalue weighted by atomic mass is 79.9. The van der Waals surface area contributed by atoms with Gasteiger partial charge in [0.1, 0.15) is 4.90 Å². The number of rotatable bonds is 5. The lowest BCUT2D eigenvalue weighted by atomic mass is 10.2. The van der Waals surface area contributed by atoms with Crippen LogP contribution in [0.5, 0.6) is 0 Å². The van der Waals surface area contributed by atoms with E-state index >= 15 is 0 Å². The highest BCUT2D eigenvalue weighted by molar-refractivity contribution is 9.10. The van der Waals surface area contributed by atoms with Gasteiger partial charge >= 0.3 is 0 Å². The van der Waals surface area contributed by atoms with Crippen molar-refractivity contribution in [1.82, 2.24) is 15.5 Å². The van der Waals surface area contributed by atoms with Crippen molar-refractivity contribution in [3.8, 4) is 0 Å². The third kappa shape index (κ3) is 3.53. The first kappa shape index (κ1) is 14.9. The average molecular weight is 357 g/mol. The van der Waals surface area contributed by atoms with E-state index in [0.717, 1.165) is 5.56 Å². The number of nitrogens with zero attached hydrogens (tertiary/aromatic N) is 2. The van der Waals surface area contributed by atoms with Crippen LogP contribution >= 0.6 is 15.9 Å².